The van der Waals surface area contributed by atoms with Gasteiger partial charge in [-0.25, -0.2) is 15.8 Å². The summed E-state index contributed by atoms with van der Waals surface area (Å²) in [6, 6.07) is 0. The van der Waals surface area contributed by atoms with Crippen molar-refractivity contribution in [1.29, 1.82) is 0 Å². The number of hydrazine groups is 1. The molecule has 1 heterocycles. The van der Waals surface area contributed by atoms with Crippen LogP contribution in [0.5, 0.6) is 0 Å². The van der Waals surface area contributed by atoms with Gasteiger partial charge in [0.05, 0.1) is 0 Å². The molecule has 0 aromatic carbocycles. The zero-order valence-corrected chi connectivity index (χ0v) is 13.7. The molecule has 2 rings (SSSR count). The van der Waals surface area contributed by atoms with Crippen LogP contribution in [0.1, 0.15) is 44.0 Å². The Morgan fingerprint density at radius 1 is 1.19 bits per heavy atom. The van der Waals surface area contributed by atoms with Crippen LogP contribution in [0.15, 0.2) is 0 Å². The highest BCUT2D eigenvalue weighted by atomic mass is 15.3. The van der Waals surface area contributed by atoms with E-state index in [1.807, 2.05) is 13.8 Å². The average molecular weight is 292 g/mol. The van der Waals surface area contributed by atoms with Crippen LogP contribution >= 0.6 is 0 Å². The van der Waals surface area contributed by atoms with Crippen molar-refractivity contribution in [3.63, 3.8) is 0 Å². The Hall–Kier alpha value is -1.40. The van der Waals surface area contributed by atoms with E-state index in [-0.39, 0.29) is 5.54 Å². The second-order valence-corrected chi connectivity index (χ2v) is 6.14. The van der Waals surface area contributed by atoms with Crippen LogP contribution in [0.3, 0.4) is 0 Å². The second-order valence-electron chi connectivity index (χ2n) is 6.14. The van der Waals surface area contributed by atoms with Gasteiger partial charge in [-0.3, -0.25) is 0 Å². The van der Waals surface area contributed by atoms with Crippen molar-refractivity contribution >= 4 is 11.6 Å². The van der Waals surface area contributed by atoms with Gasteiger partial charge in [-0.15, -0.1) is 0 Å². The van der Waals surface area contributed by atoms with Crippen LogP contribution in [0.4, 0.5) is 11.6 Å². The molecule has 0 amide bonds. The Morgan fingerprint density at radius 2 is 1.81 bits per heavy atom. The van der Waals surface area contributed by atoms with E-state index in [4.69, 9.17) is 5.84 Å². The summed E-state index contributed by atoms with van der Waals surface area (Å²) in [4.78, 5) is 11.4. The quantitative estimate of drug-likeness (QED) is 0.549. The largest absolute Gasteiger partial charge is 0.368 e. The average Bonchev–Trinajstić information content (AvgIpc) is 2.96. The molecular weight excluding hydrogens is 264 g/mol. The number of nitrogens with zero attached hydrogens (tertiary/aromatic N) is 3. The van der Waals surface area contributed by atoms with Crippen molar-refractivity contribution in [3.8, 4) is 0 Å². The molecule has 6 nitrogen and oxygen atoms in total. The van der Waals surface area contributed by atoms with Gasteiger partial charge < -0.3 is 15.6 Å². The lowest BCUT2D eigenvalue weighted by Crippen LogP contribution is -2.47. The van der Waals surface area contributed by atoms with Gasteiger partial charge in [0.25, 0.3) is 0 Å². The third-order valence-corrected chi connectivity index (χ3v) is 4.71. The maximum atomic E-state index is 5.56. The van der Waals surface area contributed by atoms with Crippen LogP contribution in [-0.4, -0.2) is 41.0 Å². The van der Waals surface area contributed by atoms with E-state index >= 15 is 0 Å². The van der Waals surface area contributed by atoms with E-state index in [1.165, 1.54) is 25.7 Å². The van der Waals surface area contributed by atoms with Crippen LogP contribution in [0, 0.1) is 6.92 Å². The molecule has 1 aliphatic carbocycles. The van der Waals surface area contributed by atoms with E-state index in [0.29, 0.717) is 5.82 Å². The van der Waals surface area contributed by atoms with E-state index in [1.54, 1.807) is 0 Å². The molecule has 21 heavy (non-hydrogen) atoms. The normalized spacial score (nSPS) is 17.2. The lowest BCUT2D eigenvalue weighted by molar-refractivity contribution is 0.172. The minimum atomic E-state index is 0.236. The molecule has 1 aromatic rings. The summed E-state index contributed by atoms with van der Waals surface area (Å²) in [6.45, 7) is 4.95. The van der Waals surface area contributed by atoms with E-state index in [0.717, 1.165) is 30.2 Å². The molecule has 1 saturated carbocycles. The van der Waals surface area contributed by atoms with Crippen molar-refractivity contribution < 1.29 is 0 Å². The maximum Gasteiger partial charge on any atom is 0.148 e. The van der Waals surface area contributed by atoms with Crippen molar-refractivity contribution in [2.75, 3.05) is 31.4 Å². The predicted molar refractivity (Wildman–Crippen MR) is 87.3 cm³/mol. The van der Waals surface area contributed by atoms with Crippen molar-refractivity contribution in [2.24, 2.45) is 5.84 Å². The van der Waals surface area contributed by atoms with Crippen LogP contribution < -0.4 is 16.6 Å². The number of nitrogen functional groups attached to an aromatic ring is 1. The molecule has 1 aromatic heterocycles. The number of nitrogens with two attached hydrogens (primary N) is 1. The summed E-state index contributed by atoms with van der Waals surface area (Å²) in [7, 11) is 4.34. The first-order valence-electron chi connectivity index (χ1n) is 7.78. The standard InChI is InChI=1S/C15H28N6/c1-5-12-18-13(11(2)14(19-12)20-16)17-10-15(21(3)4)8-6-7-9-15/h5-10,16H2,1-4H3,(H2,17,18,19,20). The molecule has 0 spiro atoms. The lowest BCUT2D eigenvalue weighted by atomic mass is 9.96. The van der Waals surface area contributed by atoms with Gasteiger partial charge in [0.2, 0.25) is 0 Å². The summed E-state index contributed by atoms with van der Waals surface area (Å²) < 4.78 is 0. The number of aryl methyl sites for hydroxylation is 1. The number of hydrogen-bond acceptors (Lipinski definition) is 6. The van der Waals surface area contributed by atoms with E-state index in [2.05, 4.69) is 39.7 Å². The van der Waals surface area contributed by atoms with Gasteiger partial charge in [0.1, 0.15) is 17.5 Å². The topological polar surface area (TPSA) is 79.1 Å². The Bertz CT molecular complexity index is 479. The van der Waals surface area contributed by atoms with Gasteiger partial charge in [-0.2, -0.15) is 0 Å². The molecule has 0 unspecified atom stereocenters. The lowest BCUT2D eigenvalue weighted by Gasteiger charge is -2.36. The van der Waals surface area contributed by atoms with Crippen molar-refractivity contribution in [2.45, 2.75) is 51.5 Å². The van der Waals surface area contributed by atoms with Gasteiger partial charge in [-0.05, 0) is 33.9 Å². The van der Waals surface area contributed by atoms with Crippen molar-refractivity contribution in [3.05, 3.63) is 11.4 Å². The Labute approximate surface area is 127 Å². The van der Waals surface area contributed by atoms with Gasteiger partial charge >= 0.3 is 0 Å². The zero-order valence-electron chi connectivity index (χ0n) is 13.7. The number of nitrogens with one attached hydrogen (secondary N) is 2. The van der Waals surface area contributed by atoms with Gasteiger partial charge in [0, 0.05) is 24.1 Å². The summed E-state index contributed by atoms with van der Waals surface area (Å²) in [5, 5.41) is 3.54. The monoisotopic (exact) mass is 292 g/mol. The highest BCUT2D eigenvalue weighted by Gasteiger charge is 2.35. The predicted octanol–water partition coefficient (Wildman–Crippen LogP) is 1.92. The fraction of sp³-hybridized carbons (Fsp3) is 0.733. The van der Waals surface area contributed by atoms with Crippen LogP contribution in [0.2, 0.25) is 0 Å². The fourth-order valence-electron chi connectivity index (χ4n) is 3.10. The van der Waals surface area contributed by atoms with Crippen LogP contribution in [0.25, 0.3) is 0 Å². The highest BCUT2D eigenvalue weighted by molar-refractivity contribution is 5.56. The first-order chi connectivity index (χ1) is 10.0. The summed E-state index contributed by atoms with van der Waals surface area (Å²) in [5.74, 6) is 7.96. The van der Waals surface area contributed by atoms with E-state index in [9.17, 15) is 0 Å². The van der Waals surface area contributed by atoms with Gasteiger partial charge in [0.15, 0.2) is 0 Å². The maximum absolute atomic E-state index is 5.56. The summed E-state index contributed by atoms with van der Waals surface area (Å²) >= 11 is 0. The third kappa shape index (κ3) is 3.27. The Kier molecular flexibility index (Phi) is 5.00. The number of anilines is 2. The first-order valence-corrected chi connectivity index (χ1v) is 7.78. The molecule has 0 bridgehead atoms. The second kappa shape index (κ2) is 6.58. The molecule has 0 aliphatic heterocycles. The van der Waals surface area contributed by atoms with Crippen LogP contribution in [-0.2, 0) is 6.42 Å². The minimum Gasteiger partial charge on any atom is -0.368 e. The smallest absolute Gasteiger partial charge is 0.148 e. The minimum absolute atomic E-state index is 0.236. The molecule has 4 N–H and O–H groups in total. The molecule has 6 heteroatoms. The SMILES string of the molecule is CCc1nc(NN)c(C)c(NCC2(N(C)C)CCCC2)n1. The molecule has 0 radical (unpaired) electrons. The third-order valence-electron chi connectivity index (χ3n) is 4.71. The molecule has 1 fully saturated rings. The molecule has 1 aliphatic rings. The number of rotatable bonds is 6. The van der Waals surface area contributed by atoms with Crippen molar-refractivity contribution in [1.82, 2.24) is 14.9 Å². The molecule has 0 atom stereocenters. The molecule has 118 valence electrons. The fourth-order valence-corrected chi connectivity index (χ4v) is 3.10. The first kappa shape index (κ1) is 16.0. The number of aromatic nitrogens is 2. The number of likely N-dealkylation sites (N-methyl/N-ethyl adjacent to an activating group) is 1. The molecular formula is C15H28N6. The summed E-state index contributed by atoms with van der Waals surface area (Å²) in [6.07, 6.45) is 5.87. The van der Waals surface area contributed by atoms with Gasteiger partial charge in [-0.1, -0.05) is 19.8 Å². The zero-order chi connectivity index (χ0) is 15.5. The van der Waals surface area contributed by atoms with E-state index < -0.39 is 0 Å². The highest BCUT2D eigenvalue weighted by Crippen LogP contribution is 2.34. The molecule has 0 saturated heterocycles. The summed E-state index contributed by atoms with van der Waals surface area (Å²) in [5.41, 5.74) is 3.88. The number of hydrogen-bond donors (Lipinski definition) is 3. The Balaban J connectivity index is 2.19. The Morgan fingerprint density at radius 3 is 2.33 bits per heavy atom.